The van der Waals surface area contributed by atoms with Crippen LogP contribution in [0.3, 0.4) is 0 Å². The Hall–Kier alpha value is -2.48. The number of nitro benzene ring substituents is 1. The summed E-state index contributed by atoms with van der Waals surface area (Å²) in [5, 5.41) is 23.8. The highest BCUT2D eigenvalue weighted by molar-refractivity contribution is 7.10. The number of hydrogen-bond donors (Lipinski definition) is 2. The van der Waals surface area contributed by atoms with E-state index in [2.05, 4.69) is 5.32 Å². The molecular formula is C12H9FN2O4S. The summed E-state index contributed by atoms with van der Waals surface area (Å²) >= 11 is 1.26. The summed E-state index contributed by atoms with van der Waals surface area (Å²) in [6.45, 7) is 0.306. The summed E-state index contributed by atoms with van der Waals surface area (Å²) in [4.78, 5) is 21.3. The third-order valence-electron chi connectivity index (χ3n) is 2.51. The van der Waals surface area contributed by atoms with E-state index in [-0.39, 0.29) is 5.56 Å². The number of benzene rings is 1. The molecule has 0 aliphatic heterocycles. The van der Waals surface area contributed by atoms with E-state index < -0.39 is 22.4 Å². The Bertz CT molecular complexity index is 671. The predicted molar refractivity (Wildman–Crippen MR) is 71.7 cm³/mol. The first-order valence-corrected chi connectivity index (χ1v) is 6.34. The summed E-state index contributed by atoms with van der Waals surface area (Å²) < 4.78 is 13.1. The molecule has 6 nitrogen and oxygen atoms in total. The van der Waals surface area contributed by atoms with E-state index in [0.717, 1.165) is 17.0 Å². The molecule has 0 radical (unpaired) electrons. The number of anilines is 1. The van der Waals surface area contributed by atoms with Gasteiger partial charge in [0.2, 0.25) is 5.82 Å². The van der Waals surface area contributed by atoms with Crippen LogP contribution >= 0.6 is 11.3 Å². The van der Waals surface area contributed by atoms with Gasteiger partial charge in [0.25, 0.3) is 0 Å². The van der Waals surface area contributed by atoms with Crippen LogP contribution < -0.4 is 5.32 Å². The Morgan fingerprint density at radius 1 is 1.45 bits per heavy atom. The Kier molecular flexibility index (Phi) is 3.94. The van der Waals surface area contributed by atoms with E-state index >= 15 is 0 Å². The van der Waals surface area contributed by atoms with Crippen molar-refractivity contribution in [3.05, 3.63) is 56.0 Å². The molecule has 8 heteroatoms. The van der Waals surface area contributed by atoms with Crippen molar-refractivity contribution in [3.8, 4) is 0 Å². The highest BCUT2D eigenvalue weighted by atomic mass is 32.1. The third kappa shape index (κ3) is 3.09. The molecule has 0 aliphatic rings. The van der Waals surface area contributed by atoms with Gasteiger partial charge in [0, 0.05) is 28.6 Å². The minimum Gasteiger partial charge on any atom is -0.478 e. The van der Waals surface area contributed by atoms with Gasteiger partial charge in [0.1, 0.15) is 0 Å². The first-order chi connectivity index (χ1) is 9.47. The maximum Gasteiger partial charge on any atom is 0.336 e. The number of nitrogens with zero attached hydrogens (tertiary/aromatic N) is 1. The molecule has 0 bridgehead atoms. The smallest absolute Gasteiger partial charge is 0.336 e. The molecule has 0 spiro atoms. The average Bonchev–Trinajstić information content (AvgIpc) is 2.86. The number of nitro groups is 1. The molecule has 104 valence electrons. The van der Waals surface area contributed by atoms with E-state index in [1.165, 1.54) is 28.8 Å². The molecule has 0 atom stereocenters. The molecule has 0 aliphatic carbocycles. The first-order valence-electron chi connectivity index (χ1n) is 5.46. The monoisotopic (exact) mass is 296 g/mol. The van der Waals surface area contributed by atoms with Crippen LogP contribution in [0, 0.1) is 15.9 Å². The zero-order valence-electron chi connectivity index (χ0n) is 10.00. The van der Waals surface area contributed by atoms with Gasteiger partial charge in [-0.2, -0.15) is 4.39 Å². The number of halogens is 1. The summed E-state index contributed by atoms with van der Waals surface area (Å²) in [6.07, 6.45) is 0. The molecule has 1 heterocycles. The maximum absolute atomic E-state index is 13.1. The van der Waals surface area contributed by atoms with Crippen molar-refractivity contribution < 1.29 is 19.2 Å². The van der Waals surface area contributed by atoms with Crippen LogP contribution in [0.5, 0.6) is 0 Å². The number of carboxylic acid groups (broad SMARTS) is 1. The molecule has 2 rings (SSSR count). The summed E-state index contributed by atoms with van der Waals surface area (Å²) in [5.74, 6) is -1.91. The highest BCUT2D eigenvalue weighted by Gasteiger charge is 2.14. The fourth-order valence-electron chi connectivity index (χ4n) is 1.54. The molecule has 0 fully saturated rings. The quantitative estimate of drug-likeness (QED) is 0.653. The van der Waals surface area contributed by atoms with Crippen LogP contribution in [0.15, 0.2) is 29.6 Å². The fraction of sp³-hybridized carbons (Fsp3) is 0.0833. The number of nitrogens with one attached hydrogen (secondary N) is 1. The van der Waals surface area contributed by atoms with Gasteiger partial charge >= 0.3 is 11.7 Å². The van der Waals surface area contributed by atoms with Crippen molar-refractivity contribution in [1.82, 2.24) is 0 Å². The highest BCUT2D eigenvalue weighted by Crippen LogP contribution is 2.23. The summed E-state index contributed by atoms with van der Waals surface area (Å²) in [5.41, 5.74) is -0.0207. The predicted octanol–water partition coefficient (Wildman–Crippen LogP) is 3.11. The van der Waals surface area contributed by atoms with Gasteiger partial charge in [-0.25, -0.2) is 4.79 Å². The van der Waals surface area contributed by atoms with Gasteiger partial charge < -0.3 is 10.4 Å². The fourth-order valence-corrected chi connectivity index (χ4v) is 2.33. The Labute approximate surface area is 116 Å². The lowest BCUT2D eigenvalue weighted by Crippen LogP contribution is -2.00. The van der Waals surface area contributed by atoms with Crippen LogP contribution in [0.4, 0.5) is 15.8 Å². The van der Waals surface area contributed by atoms with Crippen LogP contribution in [0.1, 0.15) is 15.2 Å². The molecule has 0 saturated heterocycles. The van der Waals surface area contributed by atoms with Gasteiger partial charge in [-0.15, -0.1) is 11.3 Å². The Morgan fingerprint density at radius 2 is 2.20 bits per heavy atom. The number of aromatic carboxylic acids is 1. The number of carbonyl (C=O) groups is 1. The second kappa shape index (κ2) is 5.66. The Morgan fingerprint density at radius 3 is 2.80 bits per heavy atom. The van der Waals surface area contributed by atoms with Crippen LogP contribution in [-0.4, -0.2) is 16.0 Å². The van der Waals surface area contributed by atoms with Crippen molar-refractivity contribution >= 4 is 28.7 Å². The molecule has 1 aromatic heterocycles. The molecule has 0 unspecified atom stereocenters. The van der Waals surface area contributed by atoms with E-state index in [9.17, 15) is 19.3 Å². The van der Waals surface area contributed by atoms with E-state index in [1.54, 1.807) is 0 Å². The van der Waals surface area contributed by atoms with E-state index in [0.29, 0.717) is 12.2 Å². The van der Waals surface area contributed by atoms with Gasteiger partial charge in [-0.3, -0.25) is 10.1 Å². The molecule has 0 amide bonds. The lowest BCUT2D eigenvalue weighted by molar-refractivity contribution is -0.387. The second-order valence-corrected chi connectivity index (χ2v) is 4.88. The third-order valence-corrected chi connectivity index (χ3v) is 3.45. The van der Waals surface area contributed by atoms with Crippen molar-refractivity contribution in [2.24, 2.45) is 0 Å². The van der Waals surface area contributed by atoms with Gasteiger partial charge in [0.15, 0.2) is 0 Å². The largest absolute Gasteiger partial charge is 0.478 e. The van der Waals surface area contributed by atoms with Crippen molar-refractivity contribution in [2.75, 3.05) is 5.32 Å². The molecule has 2 N–H and O–H groups in total. The van der Waals surface area contributed by atoms with Crippen LogP contribution in [0.25, 0.3) is 0 Å². The first kappa shape index (κ1) is 13.9. The Balaban J connectivity index is 2.08. The normalized spacial score (nSPS) is 10.2. The summed E-state index contributed by atoms with van der Waals surface area (Å²) in [6, 6.07) is 5.00. The molecule has 1 aromatic carbocycles. The second-order valence-electron chi connectivity index (χ2n) is 3.88. The van der Waals surface area contributed by atoms with Gasteiger partial charge in [0.05, 0.1) is 10.5 Å². The van der Waals surface area contributed by atoms with Crippen LogP contribution in [0.2, 0.25) is 0 Å². The minimum absolute atomic E-state index is 0.192. The standard InChI is InChI=1S/C12H9FN2O4S/c13-10-2-1-8(4-11(10)15(18)19)14-5-9-3-7(6-20-9)12(16)17/h1-4,6,14H,5H2,(H,16,17). The van der Waals surface area contributed by atoms with E-state index in [1.807, 2.05) is 0 Å². The average molecular weight is 296 g/mol. The lowest BCUT2D eigenvalue weighted by Gasteiger charge is -2.04. The SMILES string of the molecule is O=C(O)c1csc(CNc2ccc(F)c([N+](=O)[O-])c2)c1. The molecular weight excluding hydrogens is 287 g/mol. The minimum atomic E-state index is -1.01. The van der Waals surface area contributed by atoms with Crippen LogP contribution in [-0.2, 0) is 6.54 Å². The number of thiophene rings is 1. The summed E-state index contributed by atoms with van der Waals surface area (Å²) in [7, 11) is 0. The zero-order valence-corrected chi connectivity index (χ0v) is 10.8. The zero-order chi connectivity index (χ0) is 14.7. The van der Waals surface area contributed by atoms with Crippen molar-refractivity contribution in [3.63, 3.8) is 0 Å². The lowest BCUT2D eigenvalue weighted by atomic mass is 10.2. The number of rotatable bonds is 5. The topological polar surface area (TPSA) is 92.5 Å². The maximum atomic E-state index is 13.1. The molecule has 0 saturated carbocycles. The molecule has 20 heavy (non-hydrogen) atoms. The van der Waals surface area contributed by atoms with Crippen molar-refractivity contribution in [2.45, 2.75) is 6.54 Å². The van der Waals surface area contributed by atoms with Crippen molar-refractivity contribution in [1.29, 1.82) is 0 Å². The van der Waals surface area contributed by atoms with Gasteiger partial charge in [-0.1, -0.05) is 0 Å². The van der Waals surface area contributed by atoms with Gasteiger partial charge in [-0.05, 0) is 18.2 Å². The van der Waals surface area contributed by atoms with E-state index in [4.69, 9.17) is 5.11 Å². The molecule has 2 aromatic rings. The number of carboxylic acids is 1. The number of hydrogen-bond acceptors (Lipinski definition) is 5.